The van der Waals surface area contributed by atoms with Crippen LogP contribution in [0.2, 0.25) is 0 Å². The van der Waals surface area contributed by atoms with Gasteiger partial charge >= 0.3 is 0 Å². The Balaban J connectivity index is 1.53. The third-order valence-electron chi connectivity index (χ3n) is 7.11. The Morgan fingerprint density at radius 3 is 2.24 bits per heavy atom. The Hall–Kier alpha value is -4.64. The largest absolute Gasteiger partial charge is 0.487 e. The first-order valence-corrected chi connectivity index (χ1v) is 12.9. The van der Waals surface area contributed by atoms with Crippen LogP contribution in [0.1, 0.15) is 51.5 Å². The van der Waals surface area contributed by atoms with Gasteiger partial charge in [-0.05, 0) is 58.7 Å². The van der Waals surface area contributed by atoms with Crippen molar-refractivity contribution in [2.75, 3.05) is 0 Å². The van der Waals surface area contributed by atoms with Crippen LogP contribution in [-0.2, 0) is 17.8 Å². The summed E-state index contributed by atoms with van der Waals surface area (Å²) in [6.07, 6.45) is 3.89. The van der Waals surface area contributed by atoms with Crippen LogP contribution in [0.15, 0.2) is 103 Å². The van der Waals surface area contributed by atoms with E-state index in [0.29, 0.717) is 23.6 Å². The standard InChI is InChI=1S/C33H28N2O3/c34-29(36)20-27-30(24-17-18-24)32(33(37)26-15-8-7-14-25(26)23-12-5-2-6-13-23)35-19-9-16-28(31(27)35)38-21-22-10-3-1-4-11-22/h1-16,19,24H,17-18,20-21H2,(H2,34,36). The highest BCUT2D eigenvalue weighted by Crippen LogP contribution is 2.47. The van der Waals surface area contributed by atoms with Gasteiger partial charge in [0, 0.05) is 11.8 Å². The summed E-state index contributed by atoms with van der Waals surface area (Å²) in [5, 5.41) is 0. The molecule has 0 saturated heterocycles. The number of nitrogens with two attached hydrogens (primary N) is 1. The molecule has 0 bridgehead atoms. The molecule has 5 heteroatoms. The van der Waals surface area contributed by atoms with Crippen molar-refractivity contribution in [2.24, 2.45) is 5.73 Å². The van der Waals surface area contributed by atoms with E-state index in [1.165, 1.54) is 0 Å². The van der Waals surface area contributed by atoms with Gasteiger partial charge in [-0.3, -0.25) is 9.59 Å². The van der Waals surface area contributed by atoms with Gasteiger partial charge < -0.3 is 14.9 Å². The molecule has 1 aliphatic carbocycles. The summed E-state index contributed by atoms with van der Waals surface area (Å²) in [7, 11) is 0. The van der Waals surface area contributed by atoms with E-state index in [4.69, 9.17) is 10.5 Å². The molecular formula is C33H28N2O3. The Morgan fingerprint density at radius 1 is 0.842 bits per heavy atom. The molecule has 2 heterocycles. The molecule has 1 saturated carbocycles. The third kappa shape index (κ3) is 4.48. The number of aromatic nitrogens is 1. The molecule has 1 aliphatic rings. The number of amides is 1. The van der Waals surface area contributed by atoms with Crippen molar-refractivity contribution >= 4 is 17.2 Å². The summed E-state index contributed by atoms with van der Waals surface area (Å²) in [5.41, 5.74) is 12.3. The molecule has 5 nitrogen and oxygen atoms in total. The maximum Gasteiger partial charge on any atom is 0.221 e. The zero-order valence-electron chi connectivity index (χ0n) is 21.0. The molecule has 0 spiro atoms. The molecule has 0 aliphatic heterocycles. The van der Waals surface area contributed by atoms with Gasteiger partial charge in [0.2, 0.25) is 11.7 Å². The van der Waals surface area contributed by atoms with Crippen molar-refractivity contribution in [3.8, 4) is 16.9 Å². The first-order valence-electron chi connectivity index (χ1n) is 12.9. The summed E-state index contributed by atoms with van der Waals surface area (Å²) >= 11 is 0. The summed E-state index contributed by atoms with van der Waals surface area (Å²) in [6.45, 7) is 0.376. The van der Waals surface area contributed by atoms with Crippen molar-refractivity contribution in [2.45, 2.75) is 31.8 Å². The van der Waals surface area contributed by atoms with E-state index in [2.05, 4.69) is 0 Å². The summed E-state index contributed by atoms with van der Waals surface area (Å²) in [5.74, 6) is 0.345. The van der Waals surface area contributed by atoms with Crippen LogP contribution in [0.25, 0.3) is 16.6 Å². The summed E-state index contributed by atoms with van der Waals surface area (Å²) in [4.78, 5) is 26.7. The van der Waals surface area contributed by atoms with Crippen molar-refractivity contribution in [1.82, 2.24) is 4.40 Å². The van der Waals surface area contributed by atoms with E-state index in [-0.39, 0.29) is 18.1 Å². The number of fused-ring (bicyclic) bond motifs is 1. The lowest BCUT2D eigenvalue weighted by Crippen LogP contribution is -2.15. The number of hydrogen-bond acceptors (Lipinski definition) is 3. The Bertz CT molecular complexity index is 1630. The fraction of sp³-hybridized carbons (Fsp3) is 0.152. The van der Waals surface area contributed by atoms with E-state index < -0.39 is 5.91 Å². The molecule has 0 atom stereocenters. The lowest BCUT2D eigenvalue weighted by Gasteiger charge is -2.12. The fourth-order valence-electron chi connectivity index (χ4n) is 5.30. The molecule has 1 fully saturated rings. The lowest BCUT2D eigenvalue weighted by molar-refractivity contribution is -0.117. The van der Waals surface area contributed by atoms with Crippen LogP contribution in [0.4, 0.5) is 0 Å². The predicted octanol–water partition coefficient (Wildman–Crippen LogP) is 6.32. The minimum Gasteiger partial charge on any atom is -0.487 e. The molecule has 0 unspecified atom stereocenters. The Morgan fingerprint density at radius 2 is 1.53 bits per heavy atom. The minimum absolute atomic E-state index is 0.0503. The van der Waals surface area contributed by atoms with Gasteiger partial charge in [0.25, 0.3) is 0 Å². The highest BCUT2D eigenvalue weighted by Gasteiger charge is 2.36. The number of carbonyl (C=O) groups excluding carboxylic acids is 2. The molecule has 3 aromatic carbocycles. The van der Waals surface area contributed by atoms with Crippen molar-refractivity contribution < 1.29 is 14.3 Å². The highest BCUT2D eigenvalue weighted by atomic mass is 16.5. The minimum atomic E-state index is -0.430. The number of carbonyl (C=O) groups is 2. The molecule has 5 aromatic rings. The molecule has 2 N–H and O–H groups in total. The van der Waals surface area contributed by atoms with E-state index >= 15 is 0 Å². The van der Waals surface area contributed by atoms with Crippen LogP contribution in [0, 0.1) is 0 Å². The first-order chi connectivity index (χ1) is 18.6. The number of ether oxygens (including phenoxy) is 1. The van der Waals surface area contributed by atoms with Crippen LogP contribution in [0.3, 0.4) is 0 Å². The van der Waals surface area contributed by atoms with Crippen molar-refractivity contribution in [3.05, 3.63) is 131 Å². The van der Waals surface area contributed by atoms with Gasteiger partial charge in [-0.2, -0.15) is 0 Å². The second-order valence-electron chi connectivity index (χ2n) is 9.76. The third-order valence-corrected chi connectivity index (χ3v) is 7.11. The zero-order chi connectivity index (χ0) is 26.1. The number of hydrogen-bond donors (Lipinski definition) is 1. The average Bonchev–Trinajstić information content (AvgIpc) is 3.74. The number of nitrogens with zero attached hydrogens (tertiary/aromatic N) is 1. The van der Waals surface area contributed by atoms with E-state index in [1.54, 1.807) is 0 Å². The predicted molar refractivity (Wildman–Crippen MR) is 148 cm³/mol. The van der Waals surface area contributed by atoms with Gasteiger partial charge in [0.05, 0.1) is 17.6 Å². The molecule has 6 rings (SSSR count). The first kappa shape index (κ1) is 23.7. The maximum absolute atomic E-state index is 14.4. The van der Waals surface area contributed by atoms with Gasteiger partial charge in [0.15, 0.2) is 0 Å². The van der Waals surface area contributed by atoms with Crippen LogP contribution < -0.4 is 10.5 Å². The second kappa shape index (κ2) is 10.0. The summed E-state index contributed by atoms with van der Waals surface area (Å²) in [6, 6.07) is 31.3. The lowest BCUT2D eigenvalue weighted by atomic mass is 9.92. The Labute approximate surface area is 221 Å². The van der Waals surface area contributed by atoms with Crippen LogP contribution in [-0.4, -0.2) is 16.1 Å². The monoisotopic (exact) mass is 500 g/mol. The van der Waals surface area contributed by atoms with Gasteiger partial charge in [-0.25, -0.2) is 0 Å². The molecule has 0 radical (unpaired) electrons. The number of rotatable bonds is 9. The van der Waals surface area contributed by atoms with Crippen LogP contribution in [0.5, 0.6) is 5.75 Å². The summed E-state index contributed by atoms with van der Waals surface area (Å²) < 4.78 is 8.20. The maximum atomic E-state index is 14.4. The molecule has 38 heavy (non-hydrogen) atoms. The highest BCUT2D eigenvalue weighted by molar-refractivity contribution is 6.14. The quantitative estimate of drug-likeness (QED) is 0.241. The second-order valence-corrected chi connectivity index (χ2v) is 9.76. The topological polar surface area (TPSA) is 73.8 Å². The van der Waals surface area contributed by atoms with E-state index in [0.717, 1.165) is 46.2 Å². The number of pyridine rings is 1. The molecular weight excluding hydrogens is 472 g/mol. The van der Waals surface area contributed by atoms with Gasteiger partial charge in [0.1, 0.15) is 12.4 Å². The van der Waals surface area contributed by atoms with E-state index in [9.17, 15) is 9.59 Å². The SMILES string of the molecule is NC(=O)Cc1c(C2CC2)c(C(=O)c2ccccc2-c2ccccc2)n2cccc(OCc3ccccc3)c12. The van der Waals surface area contributed by atoms with Crippen molar-refractivity contribution in [3.63, 3.8) is 0 Å². The smallest absolute Gasteiger partial charge is 0.221 e. The van der Waals surface area contributed by atoms with Gasteiger partial charge in [-0.15, -0.1) is 0 Å². The molecule has 1 amide bonds. The van der Waals surface area contributed by atoms with E-state index in [1.807, 2.05) is 108 Å². The van der Waals surface area contributed by atoms with Crippen LogP contribution >= 0.6 is 0 Å². The average molecular weight is 501 g/mol. The Kier molecular flexibility index (Phi) is 6.26. The number of ketones is 1. The fourth-order valence-corrected chi connectivity index (χ4v) is 5.30. The van der Waals surface area contributed by atoms with Crippen molar-refractivity contribution in [1.29, 1.82) is 0 Å². The van der Waals surface area contributed by atoms with Gasteiger partial charge in [-0.1, -0.05) is 84.9 Å². The molecule has 188 valence electrons. The number of primary amides is 1. The molecule has 2 aromatic heterocycles. The zero-order valence-corrected chi connectivity index (χ0v) is 21.0. The normalized spacial score (nSPS) is 12.9. The number of benzene rings is 3.